The lowest BCUT2D eigenvalue weighted by Crippen LogP contribution is -2.41. The number of para-hydroxylation sites is 1. The summed E-state index contributed by atoms with van der Waals surface area (Å²) in [6.07, 6.45) is 4.19. The van der Waals surface area contributed by atoms with Gasteiger partial charge >= 0.3 is 0 Å². The van der Waals surface area contributed by atoms with Crippen molar-refractivity contribution < 1.29 is 13.2 Å². The molecule has 2 aromatic carbocycles. The number of amides is 1. The minimum atomic E-state index is -3.56. The Morgan fingerprint density at radius 2 is 1.90 bits per heavy atom. The lowest BCUT2D eigenvalue weighted by Gasteiger charge is -2.31. The third-order valence-corrected chi connectivity index (χ3v) is 6.74. The van der Waals surface area contributed by atoms with Gasteiger partial charge in [0.2, 0.25) is 15.9 Å². The highest BCUT2D eigenvalue weighted by atomic mass is 32.2. The van der Waals surface area contributed by atoms with E-state index in [1.807, 2.05) is 19.9 Å². The molecule has 7 heteroatoms. The van der Waals surface area contributed by atoms with Gasteiger partial charge in [0.25, 0.3) is 0 Å². The van der Waals surface area contributed by atoms with E-state index in [0.717, 1.165) is 54.0 Å². The van der Waals surface area contributed by atoms with E-state index in [-0.39, 0.29) is 12.5 Å². The van der Waals surface area contributed by atoms with E-state index in [2.05, 4.69) is 34.5 Å². The first-order valence-electron chi connectivity index (χ1n) is 10.4. The molecule has 30 heavy (non-hydrogen) atoms. The summed E-state index contributed by atoms with van der Waals surface area (Å²) in [5.41, 5.74) is 5.25. The number of nitrogens with zero attached hydrogens (tertiary/aromatic N) is 2. The summed E-state index contributed by atoms with van der Waals surface area (Å²) in [5, 5.41) is 2.87. The fourth-order valence-corrected chi connectivity index (χ4v) is 4.66. The summed E-state index contributed by atoms with van der Waals surface area (Å²) in [7, 11) is -3.56. The number of carbonyl (C=O) groups is 1. The zero-order valence-electron chi connectivity index (χ0n) is 18.0. The van der Waals surface area contributed by atoms with E-state index in [9.17, 15) is 13.2 Å². The predicted octanol–water partition coefficient (Wildman–Crippen LogP) is 3.03. The van der Waals surface area contributed by atoms with Crippen LogP contribution in [0.2, 0.25) is 0 Å². The number of fused-ring (bicyclic) bond motifs is 1. The number of nitrogens with one attached hydrogen (secondary N) is 1. The molecule has 0 aromatic heterocycles. The van der Waals surface area contributed by atoms with Gasteiger partial charge in [0, 0.05) is 25.3 Å². The van der Waals surface area contributed by atoms with Crippen LogP contribution < -0.4 is 14.5 Å². The molecule has 0 fully saturated rings. The maximum absolute atomic E-state index is 12.4. The van der Waals surface area contributed by atoms with Crippen molar-refractivity contribution in [1.82, 2.24) is 5.32 Å². The molecule has 1 aliphatic heterocycles. The minimum Gasteiger partial charge on any atom is -0.371 e. The zero-order chi connectivity index (χ0) is 21.7. The van der Waals surface area contributed by atoms with Crippen LogP contribution in [0.4, 0.5) is 11.4 Å². The van der Waals surface area contributed by atoms with Crippen LogP contribution >= 0.6 is 0 Å². The highest BCUT2D eigenvalue weighted by molar-refractivity contribution is 7.92. The van der Waals surface area contributed by atoms with Gasteiger partial charge in [0.05, 0.1) is 11.9 Å². The average Bonchev–Trinajstić information content (AvgIpc) is 2.71. The fourth-order valence-electron chi connectivity index (χ4n) is 3.81. The summed E-state index contributed by atoms with van der Waals surface area (Å²) < 4.78 is 25.7. The molecular formula is C23H31N3O3S. The third-order valence-electron chi connectivity index (χ3n) is 5.60. The first kappa shape index (κ1) is 22.2. The lowest BCUT2D eigenvalue weighted by atomic mass is 10.0. The van der Waals surface area contributed by atoms with Gasteiger partial charge in [-0.1, -0.05) is 24.3 Å². The number of benzene rings is 2. The molecule has 0 saturated carbocycles. The number of hydrogen-bond acceptors (Lipinski definition) is 4. The number of carbonyl (C=O) groups excluding carboxylic acids is 1. The van der Waals surface area contributed by atoms with E-state index >= 15 is 0 Å². The Kier molecular flexibility index (Phi) is 7.02. The van der Waals surface area contributed by atoms with Crippen LogP contribution in [0, 0.1) is 13.8 Å². The summed E-state index contributed by atoms with van der Waals surface area (Å²) in [6, 6.07) is 13.9. The molecule has 1 aliphatic rings. The van der Waals surface area contributed by atoms with Crippen LogP contribution in [0.3, 0.4) is 0 Å². The van der Waals surface area contributed by atoms with Crippen molar-refractivity contribution in [2.45, 2.75) is 33.1 Å². The standard InChI is InChI=1S/C23H31N3O3S/c1-18-11-12-21(16-19(18)2)26(30(3,28)29)17-23(27)24-13-7-15-25-14-6-9-20-8-4-5-10-22(20)25/h4-5,8,10-12,16H,6-7,9,13-15,17H2,1-3H3,(H,24,27). The highest BCUT2D eigenvalue weighted by Gasteiger charge is 2.21. The van der Waals surface area contributed by atoms with Crippen LogP contribution in [0.25, 0.3) is 0 Å². The predicted molar refractivity (Wildman–Crippen MR) is 123 cm³/mol. The molecular weight excluding hydrogens is 398 g/mol. The summed E-state index contributed by atoms with van der Waals surface area (Å²) in [4.78, 5) is 14.8. The van der Waals surface area contributed by atoms with Crippen LogP contribution in [-0.4, -0.2) is 46.8 Å². The molecule has 162 valence electrons. The number of hydrogen-bond donors (Lipinski definition) is 1. The number of anilines is 2. The number of aryl methyl sites for hydroxylation is 3. The highest BCUT2D eigenvalue weighted by Crippen LogP contribution is 2.26. The molecule has 0 aliphatic carbocycles. The minimum absolute atomic E-state index is 0.214. The number of sulfonamides is 1. The van der Waals surface area contributed by atoms with Crippen molar-refractivity contribution in [3.05, 3.63) is 59.2 Å². The molecule has 0 atom stereocenters. The molecule has 0 bridgehead atoms. The Morgan fingerprint density at radius 3 is 2.63 bits per heavy atom. The molecule has 1 heterocycles. The van der Waals surface area contributed by atoms with Crippen molar-refractivity contribution in [3.8, 4) is 0 Å². The van der Waals surface area contributed by atoms with Crippen LogP contribution in [0.1, 0.15) is 29.5 Å². The SMILES string of the molecule is Cc1ccc(N(CC(=O)NCCCN2CCCc3ccccc32)S(C)(=O)=O)cc1C. The summed E-state index contributed by atoms with van der Waals surface area (Å²) >= 11 is 0. The van der Waals surface area contributed by atoms with Gasteiger partial charge in [0.15, 0.2) is 0 Å². The van der Waals surface area contributed by atoms with Crippen molar-refractivity contribution in [1.29, 1.82) is 0 Å². The van der Waals surface area contributed by atoms with Crippen molar-refractivity contribution in [2.24, 2.45) is 0 Å². The average molecular weight is 430 g/mol. The molecule has 0 spiro atoms. The number of rotatable bonds is 8. The van der Waals surface area contributed by atoms with Gasteiger partial charge in [-0.05, 0) is 68.0 Å². The molecule has 0 unspecified atom stereocenters. The maximum atomic E-state index is 12.4. The Hall–Kier alpha value is -2.54. The first-order valence-corrected chi connectivity index (χ1v) is 12.2. The molecule has 0 radical (unpaired) electrons. The van der Waals surface area contributed by atoms with Gasteiger partial charge in [-0.25, -0.2) is 8.42 Å². The van der Waals surface area contributed by atoms with Crippen LogP contribution in [0.15, 0.2) is 42.5 Å². The zero-order valence-corrected chi connectivity index (χ0v) is 18.8. The third kappa shape index (κ3) is 5.53. The molecule has 2 aromatic rings. The molecule has 1 amide bonds. The Morgan fingerprint density at radius 1 is 1.13 bits per heavy atom. The van der Waals surface area contributed by atoms with Crippen molar-refractivity contribution in [3.63, 3.8) is 0 Å². The van der Waals surface area contributed by atoms with Gasteiger partial charge in [-0.15, -0.1) is 0 Å². The van der Waals surface area contributed by atoms with E-state index < -0.39 is 10.0 Å². The van der Waals surface area contributed by atoms with E-state index in [1.54, 1.807) is 12.1 Å². The monoisotopic (exact) mass is 429 g/mol. The molecule has 6 nitrogen and oxygen atoms in total. The smallest absolute Gasteiger partial charge is 0.240 e. The first-order chi connectivity index (χ1) is 14.3. The Bertz CT molecular complexity index is 1000. The Labute approximate surface area is 179 Å². The normalized spacial score (nSPS) is 13.6. The van der Waals surface area contributed by atoms with Crippen LogP contribution in [0.5, 0.6) is 0 Å². The van der Waals surface area contributed by atoms with Crippen molar-refractivity contribution >= 4 is 27.3 Å². The topological polar surface area (TPSA) is 69.7 Å². The molecule has 0 saturated heterocycles. The second-order valence-corrected chi connectivity index (χ2v) is 9.87. The molecule has 1 N–H and O–H groups in total. The van der Waals surface area contributed by atoms with E-state index in [1.165, 1.54) is 11.3 Å². The summed E-state index contributed by atoms with van der Waals surface area (Å²) in [5.74, 6) is -0.294. The van der Waals surface area contributed by atoms with E-state index in [0.29, 0.717) is 12.2 Å². The fraction of sp³-hybridized carbons (Fsp3) is 0.435. The Balaban J connectivity index is 1.53. The maximum Gasteiger partial charge on any atom is 0.240 e. The van der Waals surface area contributed by atoms with E-state index in [4.69, 9.17) is 0 Å². The van der Waals surface area contributed by atoms with Crippen LogP contribution in [-0.2, 0) is 21.2 Å². The lowest BCUT2D eigenvalue weighted by molar-refractivity contribution is -0.119. The largest absolute Gasteiger partial charge is 0.371 e. The second kappa shape index (κ2) is 9.51. The van der Waals surface area contributed by atoms with Gasteiger partial charge in [-0.3, -0.25) is 9.10 Å². The molecule has 3 rings (SSSR count). The van der Waals surface area contributed by atoms with Crippen molar-refractivity contribution in [2.75, 3.05) is 41.6 Å². The van der Waals surface area contributed by atoms with Gasteiger partial charge in [0.1, 0.15) is 6.54 Å². The van der Waals surface area contributed by atoms with Gasteiger partial charge < -0.3 is 10.2 Å². The second-order valence-electron chi connectivity index (χ2n) is 7.96. The quantitative estimate of drug-likeness (QED) is 0.655. The van der Waals surface area contributed by atoms with Gasteiger partial charge in [-0.2, -0.15) is 0 Å². The summed E-state index contributed by atoms with van der Waals surface area (Å²) in [6.45, 7) is 6.09.